The first-order valence-corrected chi connectivity index (χ1v) is 7.21. The number of carbonyl (C=O) groups is 2. The molecule has 22 heavy (non-hydrogen) atoms. The number of hydrogen-bond acceptors (Lipinski definition) is 4. The van der Waals surface area contributed by atoms with Crippen molar-refractivity contribution >= 4 is 23.3 Å². The highest BCUT2D eigenvalue weighted by atomic mass is 16.5. The second kappa shape index (κ2) is 6.98. The van der Waals surface area contributed by atoms with Crippen molar-refractivity contribution < 1.29 is 19.4 Å². The van der Waals surface area contributed by atoms with Crippen LogP contribution in [-0.2, 0) is 9.59 Å². The number of fused-ring (bicyclic) bond motifs is 1. The van der Waals surface area contributed by atoms with Crippen LogP contribution in [0.15, 0.2) is 30.9 Å². The molecular weight excluding hydrogens is 284 g/mol. The van der Waals surface area contributed by atoms with Crippen LogP contribution in [0.5, 0.6) is 5.75 Å². The molecule has 118 valence electrons. The minimum atomic E-state index is -0.842. The van der Waals surface area contributed by atoms with E-state index in [0.29, 0.717) is 25.4 Å². The monoisotopic (exact) mass is 304 g/mol. The van der Waals surface area contributed by atoms with Gasteiger partial charge in [0.05, 0.1) is 12.1 Å². The van der Waals surface area contributed by atoms with Crippen LogP contribution >= 0.6 is 0 Å². The number of anilines is 2. The normalized spacial score (nSPS) is 13.3. The molecule has 6 nitrogen and oxygen atoms in total. The Balaban J connectivity index is 2.26. The molecule has 2 rings (SSSR count). The summed E-state index contributed by atoms with van der Waals surface area (Å²) < 4.78 is 5.50. The van der Waals surface area contributed by atoms with Crippen molar-refractivity contribution in [3.63, 3.8) is 0 Å². The Morgan fingerprint density at radius 3 is 2.95 bits per heavy atom. The predicted molar refractivity (Wildman–Crippen MR) is 84.6 cm³/mol. The maximum absolute atomic E-state index is 11.8. The highest BCUT2D eigenvalue weighted by Gasteiger charge is 2.24. The van der Waals surface area contributed by atoms with E-state index in [1.807, 2.05) is 30.0 Å². The van der Waals surface area contributed by atoms with Crippen molar-refractivity contribution in [2.75, 3.05) is 36.0 Å². The zero-order chi connectivity index (χ0) is 16.1. The Kier molecular flexibility index (Phi) is 5.04. The summed E-state index contributed by atoms with van der Waals surface area (Å²) in [7, 11) is 0. The molecule has 0 fully saturated rings. The van der Waals surface area contributed by atoms with Crippen LogP contribution in [0.2, 0.25) is 0 Å². The Morgan fingerprint density at radius 1 is 1.55 bits per heavy atom. The number of rotatable bonds is 7. The fraction of sp³-hybridized carbons (Fsp3) is 0.375. The first kappa shape index (κ1) is 15.9. The minimum absolute atomic E-state index is 0.0286. The molecule has 0 aliphatic carbocycles. The average molecular weight is 304 g/mol. The Hall–Kier alpha value is -2.50. The first-order chi connectivity index (χ1) is 10.6. The van der Waals surface area contributed by atoms with E-state index in [-0.39, 0.29) is 18.9 Å². The van der Waals surface area contributed by atoms with Crippen LogP contribution < -0.4 is 14.5 Å². The lowest BCUT2D eigenvalue weighted by Crippen LogP contribution is -2.38. The van der Waals surface area contributed by atoms with Gasteiger partial charge in [0.1, 0.15) is 5.75 Å². The standard InChI is InChI=1S/C16H20N2O4/c1-3-8-17(9-7-16(20)21)12-5-6-13-14(10-12)22-11-15(19)18(13)4-2/h3,5-6,10H,1,4,7-9,11H2,2H3,(H,20,21). The highest BCUT2D eigenvalue weighted by molar-refractivity contribution is 5.98. The summed E-state index contributed by atoms with van der Waals surface area (Å²) in [6.07, 6.45) is 1.77. The van der Waals surface area contributed by atoms with E-state index in [1.54, 1.807) is 11.0 Å². The zero-order valence-electron chi connectivity index (χ0n) is 12.6. The molecule has 0 bridgehead atoms. The van der Waals surface area contributed by atoms with Gasteiger partial charge in [-0.15, -0.1) is 6.58 Å². The molecule has 1 aliphatic rings. The molecule has 1 heterocycles. The third kappa shape index (κ3) is 3.39. The number of likely N-dealkylation sites (N-methyl/N-ethyl adjacent to an activating group) is 1. The van der Waals surface area contributed by atoms with Gasteiger partial charge in [0.25, 0.3) is 5.91 Å². The number of carboxylic acids is 1. The van der Waals surface area contributed by atoms with Gasteiger partial charge in [-0.1, -0.05) is 6.08 Å². The van der Waals surface area contributed by atoms with E-state index >= 15 is 0 Å². The largest absolute Gasteiger partial charge is 0.481 e. The molecule has 0 radical (unpaired) electrons. The molecule has 0 unspecified atom stereocenters. The number of hydrogen-bond donors (Lipinski definition) is 1. The Bertz CT molecular complexity index is 586. The topological polar surface area (TPSA) is 70.1 Å². The molecular formula is C16H20N2O4. The molecule has 1 aromatic rings. The summed E-state index contributed by atoms with van der Waals surface area (Å²) in [6.45, 7) is 7.16. The van der Waals surface area contributed by atoms with Crippen molar-refractivity contribution in [2.24, 2.45) is 0 Å². The molecule has 1 N–H and O–H groups in total. The van der Waals surface area contributed by atoms with Gasteiger partial charge in [0.15, 0.2) is 6.61 Å². The van der Waals surface area contributed by atoms with Crippen molar-refractivity contribution in [2.45, 2.75) is 13.3 Å². The van der Waals surface area contributed by atoms with E-state index in [4.69, 9.17) is 9.84 Å². The summed E-state index contributed by atoms with van der Waals surface area (Å²) in [5.41, 5.74) is 1.60. The van der Waals surface area contributed by atoms with E-state index in [9.17, 15) is 9.59 Å². The van der Waals surface area contributed by atoms with Crippen LogP contribution in [0.4, 0.5) is 11.4 Å². The molecule has 0 atom stereocenters. The van der Waals surface area contributed by atoms with E-state index in [2.05, 4.69) is 6.58 Å². The zero-order valence-corrected chi connectivity index (χ0v) is 12.6. The second-order valence-corrected chi connectivity index (χ2v) is 4.96. The smallest absolute Gasteiger partial charge is 0.305 e. The predicted octanol–water partition coefficient (Wildman–Crippen LogP) is 1.90. The third-order valence-electron chi connectivity index (χ3n) is 3.51. The molecule has 0 saturated carbocycles. The van der Waals surface area contributed by atoms with Gasteiger partial charge in [-0.3, -0.25) is 9.59 Å². The summed E-state index contributed by atoms with van der Waals surface area (Å²) in [5.74, 6) is -0.258. The van der Waals surface area contributed by atoms with Crippen LogP contribution in [0, 0.1) is 0 Å². The Morgan fingerprint density at radius 2 is 2.32 bits per heavy atom. The van der Waals surface area contributed by atoms with E-state index in [0.717, 1.165) is 11.4 Å². The summed E-state index contributed by atoms with van der Waals surface area (Å²) in [6, 6.07) is 5.55. The summed E-state index contributed by atoms with van der Waals surface area (Å²) in [4.78, 5) is 26.2. The number of carbonyl (C=O) groups excluding carboxylic acids is 1. The highest BCUT2D eigenvalue weighted by Crippen LogP contribution is 2.35. The number of carboxylic acid groups (broad SMARTS) is 1. The van der Waals surface area contributed by atoms with Gasteiger partial charge in [0, 0.05) is 31.4 Å². The van der Waals surface area contributed by atoms with Gasteiger partial charge in [0.2, 0.25) is 0 Å². The van der Waals surface area contributed by atoms with Crippen LogP contribution in [-0.4, -0.2) is 43.2 Å². The minimum Gasteiger partial charge on any atom is -0.481 e. The lowest BCUT2D eigenvalue weighted by atomic mass is 10.2. The number of aliphatic carboxylic acids is 1. The molecule has 0 aromatic heterocycles. The van der Waals surface area contributed by atoms with Crippen LogP contribution in [0.25, 0.3) is 0 Å². The Labute approximate surface area is 129 Å². The average Bonchev–Trinajstić information content (AvgIpc) is 2.50. The number of nitrogens with zero attached hydrogens (tertiary/aromatic N) is 2. The first-order valence-electron chi connectivity index (χ1n) is 7.21. The maximum atomic E-state index is 11.8. The molecule has 1 aliphatic heterocycles. The van der Waals surface area contributed by atoms with Crippen molar-refractivity contribution in [1.82, 2.24) is 0 Å². The van der Waals surface area contributed by atoms with Crippen LogP contribution in [0.3, 0.4) is 0 Å². The van der Waals surface area contributed by atoms with Gasteiger partial charge < -0.3 is 19.6 Å². The molecule has 6 heteroatoms. The molecule has 1 aromatic carbocycles. The second-order valence-electron chi connectivity index (χ2n) is 4.96. The van der Waals surface area contributed by atoms with Gasteiger partial charge in [-0.2, -0.15) is 0 Å². The van der Waals surface area contributed by atoms with E-state index < -0.39 is 5.97 Å². The van der Waals surface area contributed by atoms with E-state index in [1.165, 1.54) is 0 Å². The quantitative estimate of drug-likeness (QED) is 0.779. The lowest BCUT2D eigenvalue weighted by molar-refractivity contribution is -0.136. The molecule has 0 spiro atoms. The third-order valence-corrected chi connectivity index (χ3v) is 3.51. The van der Waals surface area contributed by atoms with Crippen molar-refractivity contribution in [3.8, 4) is 5.75 Å². The fourth-order valence-electron chi connectivity index (χ4n) is 2.45. The fourth-order valence-corrected chi connectivity index (χ4v) is 2.45. The van der Waals surface area contributed by atoms with Gasteiger partial charge in [-0.25, -0.2) is 0 Å². The van der Waals surface area contributed by atoms with Crippen LogP contribution in [0.1, 0.15) is 13.3 Å². The lowest BCUT2D eigenvalue weighted by Gasteiger charge is -2.30. The van der Waals surface area contributed by atoms with Gasteiger partial charge in [-0.05, 0) is 19.1 Å². The molecule has 0 saturated heterocycles. The summed E-state index contributed by atoms with van der Waals surface area (Å²) >= 11 is 0. The number of amides is 1. The molecule has 1 amide bonds. The summed E-state index contributed by atoms with van der Waals surface area (Å²) in [5, 5.41) is 8.84. The number of ether oxygens (including phenoxy) is 1. The SMILES string of the molecule is C=CCN(CCC(=O)O)c1ccc2c(c1)OCC(=O)N2CC. The maximum Gasteiger partial charge on any atom is 0.305 e. The van der Waals surface area contributed by atoms with Crippen molar-refractivity contribution in [3.05, 3.63) is 30.9 Å². The van der Waals surface area contributed by atoms with Gasteiger partial charge >= 0.3 is 5.97 Å². The number of benzene rings is 1. The van der Waals surface area contributed by atoms with Crippen molar-refractivity contribution in [1.29, 1.82) is 0 Å².